The molecule has 0 saturated carbocycles. The monoisotopic (exact) mass is 426 g/mol. The van der Waals surface area contributed by atoms with Crippen molar-refractivity contribution in [2.24, 2.45) is 0 Å². The summed E-state index contributed by atoms with van der Waals surface area (Å²) in [5.74, 6) is -0.471. The molecular weight excluding hydrogens is 392 g/mol. The zero-order valence-electron chi connectivity index (χ0n) is 19.6. The minimum absolute atomic E-state index is 0.0859. The molecule has 0 unspecified atom stereocenters. The molecule has 2 aromatic rings. The summed E-state index contributed by atoms with van der Waals surface area (Å²) in [5, 5.41) is 3.01. The maximum Gasteiger partial charge on any atom is 0.338 e. The van der Waals surface area contributed by atoms with Crippen LogP contribution in [0.5, 0.6) is 0 Å². The lowest BCUT2D eigenvalue weighted by atomic mass is 9.96. The lowest BCUT2D eigenvalue weighted by Gasteiger charge is -2.29. The highest BCUT2D eigenvalue weighted by Crippen LogP contribution is 2.23. The normalized spacial score (nSPS) is 11.7. The fourth-order valence-corrected chi connectivity index (χ4v) is 3.01. The Hall–Kier alpha value is -2.86. The van der Waals surface area contributed by atoms with Crippen LogP contribution in [0.25, 0.3) is 0 Å². The summed E-state index contributed by atoms with van der Waals surface area (Å²) in [4.78, 5) is 27.3. The van der Waals surface area contributed by atoms with Gasteiger partial charge >= 0.3 is 5.97 Å². The van der Waals surface area contributed by atoms with Crippen LogP contribution < -0.4 is 10.2 Å². The number of hydrogen-bond acceptors (Lipinski definition) is 6. The summed E-state index contributed by atoms with van der Waals surface area (Å²) in [5.41, 5.74) is 1.33. The van der Waals surface area contributed by atoms with E-state index in [1.54, 1.807) is 26.0 Å². The summed E-state index contributed by atoms with van der Waals surface area (Å²) in [6, 6.07) is 14.6. The van der Waals surface area contributed by atoms with Gasteiger partial charge in [0.1, 0.15) is 11.2 Å². The molecule has 0 aliphatic carbocycles. The first kappa shape index (κ1) is 24.4. The van der Waals surface area contributed by atoms with E-state index < -0.39 is 11.2 Å². The van der Waals surface area contributed by atoms with Gasteiger partial charge in [-0.25, -0.2) is 4.79 Å². The molecule has 2 rings (SSSR count). The minimum atomic E-state index is -0.983. The van der Waals surface area contributed by atoms with Crippen molar-refractivity contribution in [1.82, 2.24) is 0 Å². The maximum absolute atomic E-state index is 12.9. The van der Waals surface area contributed by atoms with Gasteiger partial charge in [-0.2, -0.15) is 0 Å². The Morgan fingerprint density at radius 1 is 0.903 bits per heavy atom. The molecule has 6 nitrogen and oxygen atoms in total. The van der Waals surface area contributed by atoms with Gasteiger partial charge in [0, 0.05) is 44.5 Å². The molecule has 1 N–H and O–H groups in total. The van der Waals surface area contributed by atoms with Gasteiger partial charge in [0.05, 0.1) is 12.2 Å². The number of ether oxygens (including phenoxy) is 2. The second-order valence-corrected chi connectivity index (χ2v) is 8.86. The Labute approximate surface area is 185 Å². The first-order valence-electron chi connectivity index (χ1n) is 10.4. The standard InChI is InChI=1S/C25H34N2O4/c1-24(2,31-23(29)19-8-12-20(26-5)13-9-19)16-17-30-25(3,4)22(28)18-10-14-21(15-11-18)27(6)7/h8-15,26H,16-17H2,1-7H3. The summed E-state index contributed by atoms with van der Waals surface area (Å²) in [6.45, 7) is 7.48. The van der Waals surface area contributed by atoms with Crippen molar-refractivity contribution in [3.05, 3.63) is 59.7 Å². The Balaban J connectivity index is 1.91. The minimum Gasteiger partial charge on any atom is -0.456 e. The highest BCUT2D eigenvalue weighted by Gasteiger charge is 2.31. The van der Waals surface area contributed by atoms with Crippen LogP contribution in [0.4, 0.5) is 11.4 Å². The van der Waals surface area contributed by atoms with Gasteiger partial charge in [-0.15, -0.1) is 0 Å². The molecule has 0 heterocycles. The molecule has 0 saturated heterocycles. The van der Waals surface area contributed by atoms with E-state index in [2.05, 4.69) is 5.32 Å². The van der Waals surface area contributed by atoms with Crippen LogP contribution in [-0.4, -0.2) is 50.7 Å². The molecule has 0 bridgehead atoms. The average Bonchev–Trinajstić information content (AvgIpc) is 2.72. The Kier molecular flexibility index (Phi) is 7.85. The highest BCUT2D eigenvalue weighted by molar-refractivity contribution is 6.02. The fourth-order valence-electron chi connectivity index (χ4n) is 3.01. The van der Waals surface area contributed by atoms with Crippen molar-refractivity contribution < 1.29 is 19.1 Å². The topological polar surface area (TPSA) is 67.9 Å². The molecule has 0 atom stereocenters. The summed E-state index contributed by atoms with van der Waals surface area (Å²) in [6.07, 6.45) is 0.462. The molecule has 0 aliphatic heterocycles. The van der Waals surface area contributed by atoms with Crippen molar-refractivity contribution in [2.45, 2.75) is 45.3 Å². The zero-order valence-corrected chi connectivity index (χ0v) is 19.6. The van der Waals surface area contributed by atoms with E-state index in [9.17, 15) is 9.59 Å². The quantitative estimate of drug-likeness (QED) is 0.435. The molecule has 0 aliphatic rings. The van der Waals surface area contributed by atoms with Gasteiger partial charge in [0.2, 0.25) is 0 Å². The van der Waals surface area contributed by atoms with Crippen molar-refractivity contribution in [2.75, 3.05) is 38.0 Å². The van der Waals surface area contributed by atoms with Crippen molar-refractivity contribution >= 4 is 23.1 Å². The molecule has 0 spiro atoms. The summed E-state index contributed by atoms with van der Waals surface area (Å²) < 4.78 is 11.6. The van der Waals surface area contributed by atoms with E-state index in [-0.39, 0.29) is 18.4 Å². The molecule has 0 fully saturated rings. The number of esters is 1. The maximum atomic E-state index is 12.9. The number of ketones is 1. The van der Waals surface area contributed by atoms with E-state index in [0.29, 0.717) is 17.5 Å². The van der Waals surface area contributed by atoms with Gasteiger partial charge in [0.25, 0.3) is 0 Å². The van der Waals surface area contributed by atoms with Crippen LogP contribution >= 0.6 is 0 Å². The summed E-state index contributed by atoms with van der Waals surface area (Å²) in [7, 11) is 5.73. The third-order valence-corrected chi connectivity index (χ3v) is 5.14. The van der Waals surface area contributed by atoms with Crippen LogP contribution in [0.15, 0.2) is 48.5 Å². The molecule has 0 amide bonds. The second-order valence-electron chi connectivity index (χ2n) is 8.86. The molecule has 2 aromatic carbocycles. The van der Waals surface area contributed by atoms with Crippen molar-refractivity contribution in [3.63, 3.8) is 0 Å². The fraction of sp³-hybridized carbons (Fsp3) is 0.440. The smallest absolute Gasteiger partial charge is 0.338 e. The molecule has 0 radical (unpaired) electrons. The van der Waals surface area contributed by atoms with Crippen LogP contribution in [0.3, 0.4) is 0 Å². The van der Waals surface area contributed by atoms with Crippen LogP contribution in [0.1, 0.15) is 54.8 Å². The van der Waals surface area contributed by atoms with Gasteiger partial charge in [-0.1, -0.05) is 0 Å². The Morgan fingerprint density at radius 3 is 1.97 bits per heavy atom. The predicted octanol–water partition coefficient (Wildman–Crippen LogP) is 4.80. The van der Waals surface area contributed by atoms with Crippen LogP contribution in [-0.2, 0) is 9.47 Å². The van der Waals surface area contributed by atoms with Gasteiger partial charge < -0.3 is 19.7 Å². The number of nitrogens with one attached hydrogen (secondary N) is 1. The summed E-state index contributed by atoms with van der Waals surface area (Å²) >= 11 is 0. The van der Waals surface area contributed by atoms with Crippen LogP contribution in [0, 0.1) is 0 Å². The zero-order chi connectivity index (χ0) is 23.2. The SMILES string of the molecule is CNc1ccc(C(=O)OC(C)(C)CCOC(C)(C)C(=O)c2ccc(N(C)C)cc2)cc1. The number of carbonyl (C=O) groups excluding carboxylic acids is 2. The van der Waals surface area contributed by atoms with E-state index in [0.717, 1.165) is 11.4 Å². The number of carbonyl (C=O) groups is 2. The second kappa shape index (κ2) is 9.96. The molecular formula is C25H34N2O4. The van der Waals surface area contributed by atoms with Gasteiger partial charge in [0.15, 0.2) is 5.78 Å². The number of nitrogens with zero attached hydrogens (tertiary/aromatic N) is 1. The number of Topliss-reactive ketones (excluding diaryl/α,β-unsaturated/α-hetero) is 1. The largest absolute Gasteiger partial charge is 0.456 e. The Bertz CT molecular complexity index is 885. The van der Waals surface area contributed by atoms with Crippen molar-refractivity contribution in [3.8, 4) is 0 Å². The third kappa shape index (κ3) is 6.82. The van der Waals surface area contributed by atoms with E-state index >= 15 is 0 Å². The molecule has 31 heavy (non-hydrogen) atoms. The lowest BCUT2D eigenvalue weighted by molar-refractivity contribution is -0.0438. The average molecular weight is 427 g/mol. The number of rotatable bonds is 10. The van der Waals surface area contributed by atoms with Gasteiger partial charge in [-0.3, -0.25) is 4.79 Å². The molecule has 0 aromatic heterocycles. The third-order valence-electron chi connectivity index (χ3n) is 5.14. The Morgan fingerprint density at radius 2 is 1.45 bits per heavy atom. The predicted molar refractivity (Wildman–Crippen MR) is 125 cm³/mol. The van der Waals surface area contributed by atoms with E-state index in [1.165, 1.54) is 0 Å². The van der Waals surface area contributed by atoms with Crippen molar-refractivity contribution in [1.29, 1.82) is 0 Å². The first-order valence-corrected chi connectivity index (χ1v) is 10.4. The number of benzene rings is 2. The number of anilines is 2. The molecule has 168 valence electrons. The number of hydrogen-bond donors (Lipinski definition) is 1. The van der Waals surface area contributed by atoms with Crippen LogP contribution in [0.2, 0.25) is 0 Å². The molecule has 6 heteroatoms. The lowest BCUT2D eigenvalue weighted by Crippen LogP contribution is -2.37. The van der Waals surface area contributed by atoms with Gasteiger partial charge in [-0.05, 0) is 76.2 Å². The highest BCUT2D eigenvalue weighted by atomic mass is 16.6. The van der Waals surface area contributed by atoms with E-state index in [4.69, 9.17) is 9.47 Å². The first-order chi connectivity index (χ1) is 14.4. The van der Waals surface area contributed by atoms with E-state index in [1.807, 2.05) is 76.3 Å².